The van der Waals surface area contributed by atoms with Crippen molar-refractivity contribution >= 4 is 21.7 Å². The number of sulfone groups is 1. The molecule has 0 saturated carbocycles. The Hall–Kier alpha value is -1.93. The Morgan fingerprint density at radius 1 is 1.07 bits per heavy atom. The molecule has 0 saturated heterocycles. The van der Waals surface area contributed by atoms with E-state index in [1.54, 1.807) is 20.8 Å². The summed E-state index contributed by atoms with van der Waals surface area (Å²) >= 11 is 0. The third kappa shape index (κ3) is 9.26. The molecule has 0 bridgehead atoms. The van der Waals surface area contributed by atoms with Crippen LogP contribution in [0.3, 0.4) is 0 Å². The van der Waals surface area contributed by atoms with Gasteiger partial charge in [-0.05, 0) is 25.3 Å². The molecule has 0 aliphatic rings. The van der Waals surface area contributed by atoms with Crippen LogP contribution in [-0.2, 0) is 35.5 Å². The number of hydrogen-bond acceptors (Lipinski definition) is 6. The third-order valence-corrected chi connectivity index (χ3v) is 5.84. The molecule has 0 radical (unpaired) electrons. The summed E-state index contributed by atoms with van der Waals surface area (Å²) in [5.74, 6) is -0.783. The fourth-order valence-corrected chi connectivity index (χ4v) is 3.29. The maximum absolute atomic E-state index is 12.7. The SMILES string of the molecule is CCCC(C)(OCCC(C)(C)C(=O)NCCS(C)(=O)=O)C(=O)OCc1ccccc1. The zero-order valence-electron chi connectivity index (χ0n) is 18.7. The zero-order chi connectivity index (χ0) is 22.8. The fraction of sp³-hybridized carbons (Fsp3) is 0.636. The summed E-state index contributed by atoms with van der Waals surface area (Å²) in [4.78, 5) is 25.0. The highest BCUT2D eigenvalue weighted by molar-refractivity contribution is 7.90. The average molecular weight is 442 g/mol. The third-order valence-electron chi connectivity index (χ3n) is 4.89. The standard InChI is InChI=1S/C22H35NO6S/c1-6-12-22(4,20(25)28-17-18-10-8-7-9-11-18)29-15-13-21(2,3)19(24)23-14-16-30(5,26)27/h7-11H,6,12-17H2,1-5H3,(H,23,24). The van der Waals surface area contributed by atoms with Gasteiger partial charge in [0.05, 0.1) is 5.75 Å². The molecular formula is C22H35NO6S. The first-order valence-electron chi connectivity index (χ1n) is 10.2. The molecule has 1 aromatic rings. The number of nitrogens with one attached hydrogen (secondary N) is 1. The van der Waals surface area contributed by atoms with Crippen molar-refractivity contribution in [3.63, 3.8) is 0 Å². The molecule has 0 aliphatic heterocycles. The molecule has 1 rings (SSSR count). The van der Waals surface area contributed by atoms with Crippen molar-refractivity contribution in [1.29, 1.82) is 0 Å². The molecule has 7 nitrogen and oxygen atoms in total. The number of ether oxygens (including phenoxy) is 2. The Labute approximate surface area is 180 Å². The lowest BCUT2D eigenvalue weighted by Gasteiger charge is -2.30. The van der Waals surface area contributed by atoms with Gasteiger partial charge < -0.3 is 14.8 Å². The smallest absolute Gasteiger partial charge is 0.338 e. The average Bonchev–Trinajstić information content (AvgIpc) is 2.65. The topological polar surface area (TPSA) is 98.8 Å². The second-order valence-corrected chi connectivity index (χ2v) is 10.7. The molecule has 1 N–H and O–H groups in total. The van der Waals surface area contributed by atoms with Crippen LogP contribution in [0.2, 0.25) is 0 Å². The van der Waals surface area contributed by atoms with Gasteiger partial charge in [0.25, 0.3) is 0 Å². The van der Waals surface area contributed by atoms with Gasteiger partial charge in [-0.25, -0.2) is 13.2 Å². The molecule has 30 heavy (non-hydrogen) atoms. The first-order valence-corrected chi connectivity index (χ1v) is 12.3. The Kier molecular flexibility index (Phi) is 9.97. The Bertz CT molecular complexity index is 791. The van der Waals surface area contributed by atoms with E-state index in [4.69, 9.17) is 9.47 Å². The van der Waals surface area contributed by atoms with E-state index in [9.17, 15) is 18.0 Å². The first-order chi connectivity index (χ1) is 13.9. The molecule has 1 unspecified atom stereocenters. The van der Waals surface area contributed by atoms with Crippen LogP contribution in [0.4, 0.5) is 0 Å². The van der Waals surface area contributed by atoms with Crippen molar-refractivity contribution in [3.05, 3.63) is 35.9 Å². The maximum atomic E-state index is 12.7. The summed E-state index contributed by atoms with van der Waals surface area (Å²) in [5.41, 5.74) is -0.957. The molecule has 1 atom stereocenters. The van der Waals surface area contributed by atoms with Crippen molar-refractivity contribution in [3.8, 4) is 0 Å². The van der Waals surface area contributed by atoms with E-state index in [1.165, 1.54) is 0 Å². The predicted molar refractivity (Wildman–Crippen MR) is 117 cm³/mol. The fourth-order valence-electron chi connectivity index (χ4n) is 2.82. The molecule has 1 amide bonds. The van der Waals surface area contributed by atoms with Gasteiger partial charge in [-0.3, -0.25) is 4.79 Å². The van der Waals surface area contributed by atoms with Crippen molar-refractivity contribution < 1.29 is 27.5 Å². The van der Waals surface area contributed by atoms with Crippen molar-refractivity contribution in [1.82, 2.24) is 5.32 Å². The van der Waals surface area contributed by atoms with Gasteiger partial charge in [0.15, 0.2) is 5.60 Å². The highest BCUT2D eigenvalue weighted by Crippen LogP contribution is 2.25. The predicted octanol–water partition coefficient (Wildman–Crippen LogP) is 2.88. The molecule has 1 aromatic carbocycles. The summed E-state index contributed by atoms with van der Waals surface area (Å²) in [6, 6.07) is 9.43. The lowest BCUT2D eigenvalue weighted by Crippen LogP contribution is -2.43. The second-order valence-electron chi connectivity index (χ2n) is 8.41. The Morgan fingerprint density at radius 3 is 2.27 bits per heavy atom. The molecule has 8 heteroatoms. The number of carbonyl (C=O) groups excluding carboxylic acids is 2. The van der Waals surface area contributed by atoms with Crippen LogP contribution < -0.4 is 5.32 Å². The molecule has 0 aliphatic carbocycles. The van der Waals surface area contributed by atoms with E-state index < -0.39 is 26.8 Å². The Balaban J connectivity index is 2.58. The van der Waals surface area contributed by atoms with Gasteiger partial charge in [-0.2, -0.15) is 0 Å². The van der Waals surface area contributed by atoms with E-state index in [1.807, 2.05) is 37.3 Å². The summed E-state index contributed by atoms with van der Waals surface area (Å²) in [6.07, 6.45) is 2.75. The molecule has 0 fully saturated rings. The molecule has 0 aromatic heterocycles. The van der Waals surface area contributed by atoms with E-state index in [-0.39, 0.29) is 31.4 Å². The number of amides is 1. The maximum Gasteiger partial charge on any atom is 0.338 e. The van der Waals surface area contributed by atoms with E-state index in [0.717, 1.165) is 18.2 Å². The molecular weight excluding hydrogens is 406 g/mol. The van der Waals surface area contributed by atoms with Crippen LogP contribution in [0.25, 0.3) is 0 Å². The highest BCUT2D eigenvalue weighted by Gasteiger charge is 2.36. The van der Waals surface area contributed by atoms with Crippen LogP contribution in [0.1, 0.15) is 52.5 Å². The molecule has 0 spiro atoms. The Morgan fingerprint density at radius 2 is 1.70 bits per heavy atom. The van der Waals surface area contributed by atoms with Crippen LogP contribution in [0.15, 0.2) is 30.3 Å². The number of benzene rings is 1. The summed E-state index contributed by atoms with van der Waals surface area (Å²) in [6.45, 7) is 7.64. The monoisotopic (exact) mass is 441 g/mol. The zero-order valence-corrected chi connectivity index (χ0v) is 19.5. The van der Waals surface area contributed by atoms with Crippen LogP contribution in [-0.4, -0.2) is 51.1 Å². The molecule has 170 valence electrons. The second kappa shape index (κ2) is 11.5. The van der Waals surface area contributed by atoms with Crippen molar-refractivity contribution in [2.75, 3.05) is 25.2 Å². The van der Waals surface area contributed by atoms with Crippen LogP contribution >= 0.6 is 0 Å². The van der Waals surface area contributed by atoms with Gasteiger partial charge in [0.1, 0.15) is 16.4 Å². The van der Waals surface area contributed by atoms with Gasteiger partial charge >= 0.3 is 5.97 Å². The minimum Gasteiger partial charge on any atom is -0.459 e. The number of rotatable bonds is 13. The lowest BCUT2D eigenvalue weighted by atomic mass is 9.88. The van der Waals surface area contributed by atoms with E-state index in [2.05, 4.69) is 5.32 Å². The quantitative estimate of drug-likeness (QED) is 0.473. The summed E-state index contributed by atoms with van der Waals surface area (Å²) in [7, 11) is -3.13. The van der Waals surface area contributed by atoms with Crippen LogP contribution in [0, 0.1) is 5.41 Å². The summed E-state index contributed by atoms with van der Waals surface area (Å²) in [5, 5.41) is 2.65. The highest BCUT2D eigenvalue weighted by atomic mass is 32.2. The van der Waals surface area contributed by atoms with Crippen LogP contribution in [0.5, 0.6) is 0 Å². The van der Waals surface area contributed by atoms with Crippen molar-refractivity contribution in [2.24, 2.45) is 5.41 Å². The number of hydrogen-bond donors (Lipinski definition) is 1. The van der Waals surface area contributed by atoms with E-state index in [0.29, 0.717) is 12.8 Å². The van der Waals surface area contributed by atoms with Gasteiger partial charge in [-0.1, -0.05) is 57.5 Å². The van der Waals surface area contributed by atoms with E-state index >= 15 is 0 Å². The van der Waals surface area contributed by atoms with Gasteiger partial charge in [0.2, 0.25) is 5.91 Å². The number of carbonyl (C=O) groups is 2. The summed E-state index contributed by atoms with van der Waals surface area (Å²) < 4.78 is 33.8. The first kappa shape index (κ1) is 26.1. The van der Waals surface area contributed by atoms with Crippen molar-refractivity contribution in [2.45, 2.75) is 59.2 Å². The normalized spacial score (nSPS) is 14.0. The minimum atomic E-state index is -3.13. The lowest BCUT2D eigenvalue weighted by molar-refractivity contribution is -0.174. The number of esters is 1. The minimum absolute atomic E-state index is 0.0707. The molecule has 0 heterocycles. The van der Waals surface area contributed by atoms with Gasteiger partial charge in [0, 0.05) is 24.8 Å². The largest absolute Gasteiger partial charge is 0.459 e. The van der Waals surface area contributed by atoms with Gasteiger partial charge in [-0.15, -0.1) is 0 Å².